The lowest BCUT2D eigenvalue weighted by atomic mass is 10.1. The minimum Gasteiger partial charge on any atom is -0.356 e. The fourth-order valence-corrected chi connectivity index (χ4v) is 2.29. The van der Waals surface area contributed by atoms with Crippen LogP contribution in [0.1, 0.15) is 11.4 Å². The van der Waals surface area contributed by atoms with E-state index in [0.717, 1.165) is 11.1 Å². The lowest BCUT2D eigenvalue weighted by molar-refractivity contribution is -0.120. The number of carbonyl (C=O) groups excluding carboxylic acids is 1. The predicted molar refractivity (Wildman–Crippen MR) is 84.0 cm³/mol. The van der Waals surface area contributed by atoms with Gasteiger partial charge in [0.05, 0.1) is 18.7 Å². The van der Waals surface area contributed by atoms with Crippen molar-refractivity contribution in [3.8, 4) is 0 Å². The topological polar surface area (TPSA) is 90.0 Å². The van der Waals surface area contributed by atoms with Gasteiger partial charge in [-0.1, -0.05) is 17.3 Å². The second-order valence-electron chi connectivity index (χ2n) is 5.19. The third kappa shape index (κ3) is 3.45. The number of nitrogens with zero attached hydrogens (tertiary/aromatic N) is 3. The van der Waals surface area contributed by atoms with E-state index in [2.05, 4.69) is 15.6 Å². The van der Waals surface area contributed by atoms with Gasteiger partial charge >= 0.3 is 0 Å². The number of hydrogen-bond donors (Lipinski definition) is 1. The Bertz CT molecular complexity index is 897. The van der Waals surface area contributed by atoms with Gasteiger partial charge in [0.15, 0.2) is 5.58 Å². The fourth-order valence-electron chi connectivity index (χ4n) is 2.29. The van der Waals surface area contributed by atoms with E-state index in [1.165, 1.54) is 10.7 Å². The highest BCUT2D eigenvalue weighted by Gasteiger charge is 2.11. The lowest BCUT2D eigenvalue weighted by Crippen LogP contribution is -2.32. The molecule has 0 fully saturated rings. The summed E-state index contributed by atoms with van der Waals surface area (Å²) >= 11 is 0. The van der Waals surface area contributed by atoms with Crippen LogP contribution in [0.3, 0.4) is 0 Å². The molecule has 0 aliphatic rings. The summed E-state index contributed by atoms with van der Waals surface area (Å²) in [6, 6.07) is 10.5. The summed E-state index contributed by atoms with van der Waals surface area (Å²) in [5.41, 5.74) is 1.83. The highest BCUT2D eigenvalue weighted by atomic mass is 16.5. The normalized spacial score (nSPS) is 10.8. The van der Waals surface area contributed by atoms with Crippen LogP contribution in [-0.4, -0.2) is 27.4 Å². The van der Waals surface area contributed by atoms with E-state index in [9.17, 15) is 9.59 Å². The van der Waals surface area contributed by atoms with E-state index in [1.54, 1.807) is 12.1 Å². The molecule has 3 rings (SSSR count). The Kier molecular flexibility index (Phi) is 4.18. The molecule has 0 aliphatic heterocycles. The first-order chi connectivity index (χ1) is 11.1. The van der Waals surface area contributed by atoms with Crippen molar-refractivity contribution >= 4 is 16.9 Å². The van der Waals surface area contributed by atoms with Crippen molar-refractivity contribution < 1.29 is 9.32 Å². The molecule has 0 atom stereocenters. The smallest absolute Gasteiger partial charge is 0.266 e. The predicted octanol–water partition coefficient (Wildman–Crippen LogP) is 1.05. The summed E-state index contributed by atoms with van der Waals surface area (Å²) in [6.45, 7) is 2.46. The summed E-state index contributed by atoms with van der Waals surface area (Å²) < 4.78 is 6.50. The van der Waals surface area contributed by atoms with Crippen molar-refractivity contribution in [2.75, 3.05) is 6.54 Å². The van der Waals surface area contributed by atoms with Gasteiger partial charge < -0.3 is 9.84 Å². The zero-order valence-corrected chi connectivity index (χ0v) is 12.7. The van der Waals surface area contributed by atoms with Crippen LogP contribution in [-0.2, 0) is 17.8 Å². The molecular formula is C16H16N4O3. The Morgan fingerprint density at radius 3 is 2.96 bits per heavy atom. The van der Waals surface area contributed by atoms with Gasteiger partial charge in [-0.2, -0.15) is 5.10 Å². The van der Waals surface area contributed by atoms with E-state index in [1.807, 2.05) is 25.1 Å². The summed E-state index contributed by atoms with van der Waals surface area (Å²) in [4.78, 5) is 23.6. The molecule has 118 valence electrons. The number of aryl methyl sites for hydroxylation is 1. The molecule has 7 nitrogen and oxygen atoms in total. The number of carbonyl (C=O) groups is 1. The number of hydrogen-bond acceptors (Lipinski definition) is 5. The molecule has 0 bridgehead atoms. The molecule has 0 unspecified atom stereocenters. The third-order valence-corrected chi connectivity index (χ3v) is 3.43. The maximum Gasteiger partial charge on any atom is 0.266 e. The Balaban J connectivity index is 1.58. The molecule has 1 N–H and O–H groups in total. The highest BCUT2D eigenvalue weighted by Crippen LogP contribution is 2.17. The summed E-state index contributed by atoms with van der Waals surface area (Å²) in [6.07, 6.45) is 0.132. The molecule has 0 radical (unpaired) electrons. The molecule has 0 saturated carbocycles. The van der Waals surface area contributed by atoms with Crippen molar-refractivity contribution in [1.82, 2.24) is 20.3 Å². The first-order valence-corrected chi connectivity index (χ1v) is 7.28. The molecule has 1 amide bonds. The van der Waals surface area contributed by atoms with Crippen molar-refractivity contribution in [3.05, 3.63) is 58.1 Å². The van der Waals surface area contributed by atoms with Gasteiger partial charge in [-0.25, -0.2) is 4.68 Å². The van der Waals surface area contributed by atoms with Crippen molar-refractivity contribution in [3.63, 3.8) is 0 Å². The third-order valence-electron chi connectivity index (χ3n) is 3.43. The minimum atomic E-state index is -0.188. The SMILES string of the molecule is Cc1ccc(=O)n(CCNC(=O)Cc2noc3ccccc23)n1. The Morgan fingerprint density at radius 1 is 1.26 bits per heavy atom. The molecule has 7 heteroatoms. The minimum absolute atomic E-state index is 0.132. The molecule has 2 heterocycles. The molecule has 2 aromatic heterocycles. The van der Waals surface area contributed by atoms with E-state index in [-0.39, 0.29) is 17.9 Å². The fraction of sp³-hybridized carbons (Fsp3) is 0.250. The van der Waals surface area contributed by atoms with Gasteiger partial charge in [-0.05, 0) is 25.1 Å². The molecule has 3 aromatic rings. The lowest BCUT2D eigenvalue weighted by Gasteiger charge is -2.06. The Morgan fingerprint density at radius 2 is 2.09 bits per heavy atom. The summed E-state index contributed by atoms with van der Waals surface area (Å²) in [5.74, 6) is -0.176. The van der Waals surface area contributed by atoms with Crippen LogP contribution in [0.4, 0.5) is 0 Å². The van der Waals surface area contributed by atoms with Gasteiger partial charge in [0.2, 0.25) is 5.91 Å². The number of rotatable bonds is 5. The molecule has 0 saturated heterocycles. The zero-order chi connectivity index (χ0) is 16.2. The average molecular weight is 312 g/mol. The van der Waals surface area contributed by atoms with Crippen molar-refractivity contribution in [2.24, 2.45) is 0 Å². The van der Waals surface area contributed by atoms with Crippen LogP contribution in [0.5, 0.6) is 0 Å². The molecule has 0 spiro atoms. The van der Waals surface area contributed by atoms with E-state index in [0.29, 0.717) is 24.4 Å². The number of para-hydroxylation sites is 1. The molecular weight excluding hydrogens is 296 g/mol. The number of aromatic nitrogens is 3. The van der Waals surface area contributed by atoms with Crippen LogP contribution < -0.4 is 10.9 Å². The van der Waals surface area contributed by atoms with Crippen LogP contribution in [0, 0.1) is 6.92 Å². The van der Waals surface area contributed by atoms with Gasteiger partial charge in [0.1, 0.15) is 5.69 Å². The van der Waals surface area contributed by atoms with E-state index < -0.39 is 0 Å². The number of amides is 1. The van der Waals surface area contributed by atoms with E-state index >= 15 is 0 Å². The standard InChI is InChI=1S/C16H16N4O3/c1-11-6-7-16(22)20(18-11)9-8-17-15(21)10-13-12-4-2-3-5-14(12)23-19-13/h2-7H,8-10H2,1H3,(H,17,21). The Hall–Kier alpha value is -2.96. The van der Waals surface area contributed by atoms with Crippen LogP contribution in [0.2, 0.25) is 0 Å². The van der Waals surface area contributed by atoms with Crippen molar-refractivity contribution in [2.45, 2.75) is 19.9 Å². The monoisotopic (exact) mass is 312 g/mol. The van der Waals surface area contributed by atoms with Gasteiger partial charge in [-0.3, -0.25) is 9.59 Å². The Labute approximate surface area is 131 Å². The average Bonchev–Trinajstić information content (AvgIpc) is 2.94. The van der Waals surface area contributed by atoms with Gasteiger partial charge in [0.25, 0.3) is 5.56 Å². The first kappa shape index (κ1) is 15.0. The number of benzene rings is 1. The summed E-state index contributed by atoms with van der Waals surface area (Å²) in [5, 5.41) is 11.6. The van der Waals surface area contributed by atoms with Gasteiger partial charge in [0, 0.05) is 18.0 Å². The zero-order valence-electron chi connectivity index (χ0n) is 12.7. The molecule has 1 aromatic carbocycles. The van der Waals surface area contributed by atoms with Crippen molar-refractivity contribution in [1.29, 1.82) is 0 Å². The summed E-state index contributed by atoms with van der Waals surface area (Å²) in [7, 11) is 0. The van der Waals surface area contributed by atoms with E-state index in [4.69, 9.17) is 4.52 Å². The molecule has 23 heavy (non-hydrogen) atoms. The quantitative estimate of drug-likeness (QED) is 0.760. The highest BCUT2D eigenvalue weighted by molar-refractivity contribution is 5.86. The largest absolute Gasteiger partial charge is 0.356 e. The van der Waals surface area contributed by atoms with Crippen LogP contribution in [0.15, 0.2) is 45.7 Å². The van der Waals surface area contributed by atoms with Gasteiger partial charge in [-0.15, -0.1) is 0 Å². The second kappa shape index (κ2) is 6.43. The number of fused-ring (bicyclic) bond motifs is 1. The van der Waals surface area contributed by atoms with Crippen LogP contribution in [0.25, 0.3) is 11.0 Å². The first-order valence-electron chi connectivity index (χ1n) is 7.28. The number of nitrogens with one attached hydrogen (secondary N) is 1. The maximum absolute atomic E-state index is 12.0. The maximum atomic E-state index is 12.0. The van der Waals surface area contributed by atoms with Crippen LogP contribution >= 0.6 is 0 Å². The second-order valence-corrected chi connectivity index (χ2v) is 5.19. The molecule has 0 aliphatic carbocycles.